The molecular weight excluding hydrogens is 153 g/mol. The Balaban J connectivity index is 2.69. The molecule has 0 amide bonds. The van der Waals surface area contributed by atoms with Gasteiger partial charge in [-0.1, -0.05) is 18.2 Å². The second-order valence-corrected chi connectivity index (χ2v) is 2.99. The predicted molar refractivity (Wildman–Crippen MR) is 48.6 cm³/mol. The minimum Gasteiger partial charge on any atom is -0.317 e. The first kappa shape index (κ1) is 9.20. The van der Waals surface area contributed by atoms with Crippen LogP contribution in [0, 0.1) is 5.82 Å². The van der Waals surface area contributed by atoms with Crippen molar-refractivity contribution >= 4 is 0 Å². The van der Waals surface area contributed by atoms with Crippen molar-refractivity contribution in [1.82, 2.24) is 5.32 Å². The van der Waals surface area contributed by atoms with Gasteiger partial charge in [-0.15, -0.1) is 0 Å². The maximum absolute atomic E-state index is 13.1. The van der Waals surface area contributed by atoms with E-state index in [1.807, 2.05) is 26.1 Å². The molecule has 0 aliphatic rings. The second-order valence-electron chi connectivity index (χ2n) is 2.99. The van der Waals surface area contributed by atoms with E-state index >= 15 is 0 Å². The van der Waals surface area contributed by atoms with E-state index in [-0.39, 0.29) is 5.82 Å². The van der Waals surface area contributed by atoms with Gasteiger partial charge in [-0.05, 0) is 32.0 Å². The highest BCUT2D eigenvalue weighted by atomic mass is 19.1. The minimum atomic E-state index is -0.111. The van der Waals surface area contributed by atoms with E-state index < -0.39 is 0 Å². The smallest absolute Gasteiger partial charge is 0.126 e. The van der Waals surface area contributed by atoms with Crippen LogP contribution in [0.2, 0.25) is 0 Å². The van der Waals surface area contributed by atoms with Crippen molar-refractivity contribution in [3.8, 4) is 0 Å². The molecule has 1 unspecified atom stereocenters. The molecule has 0 fully saturated rings. The lowest BCUT2D eigenvalue weighted by Gasteiger charge is -2.09. The zero-order chi connectivity index (χ0) is 8.97. The van der Waals surface area contributed by atoms with E-state index in [4.69, 9.17) is 0 Å². The Morgan fingerprint density at radius 2 is 2.08 bits per heavy atom. The Morgan fingerprint density at radius 1 is 1.42 bits per heavy atom. The molecule has 1 aromatic rings. The van der Waals surface area contributed by atoms with Gasteiger partial charge in [-0.3, -0.25) is 0 Å². The molecule has 1 rings (SSSR count). The molecule has 66 valence electrons. The molecule has 0 bridgehead atoms. The van der Waals surface area contributed by atoms with Crippen LogP contribution in [0.3, 0.4) is 0 Å². The van der Waals surface area contributed by atoms with Crippen LogP contribution in [0.15, 0.2) is 24.3 Å². The summed E-state index contributed by atoms with van der Waals surface area (Å²) < 4.78 is 13.1. The van der Waals surface area contributed by atoms with Gasteiger partial charge in [0.15, 0.2) is 0 Å². The third kappa shape index (κ3) is 2.31. The number of benzene rings is 1. The van der Waals surface area contributed by atoms with Crippen LogP contribution >= 0.6 is 0 Å². The summed E-state index contributed by atoms with van der Waals surface area (Å²) in [5.41, 5.74) is 0.777. The third-order valence-corrected chi connectivity index (χ3v) is 1.98. The van der Waals surface area contributed by atoms with E-state index in [1.165, 1.54) is 6.07 Å². The van der Waals surface area contributed by atoms with Crippen molar-refractivity contribution in [2.24, 2.45) is 0 Å². The third-order valence-electron chi connectivity index (χ3n) is 1.98. The molecule has 1 aromatic carbocycles. The zero-order valence-corrected chi connectivity index (χ0v) is 7.47. The zero-order valence-electron chi connectivity index (χ0n) is 7.47. The summed E-state index contributed by atoms with van der Waals surface area (Å²) in [7, 11) is 1.88. The Hall–Kier alpha value is -0.890. The molecule has 0 saturated heterocycles. The predicted octanol–water partition coefficient (Wildman–Crippen LogP) is 1.98. The number of nitrogens with one attached hydrogen (secondary N) is 1. The maximum atomic E-state index is 13.1. The van der Waals surface area contributed by atoms with Gasteiger partial charge in [-0.2, -0.15) is 0 Å². The van der Waals surface area contributed by atoms with Gasteiger partial charge < -0.3 is 5.32 Å². The Morgan fingerprint density at radius 3 is 2.67 bits per heavy atom. The molecule has 0 aliphatic carbocycles. The Bertz CT molecular complexity index is 247. The average molecular weight is 167 g/mol. The Kier molecular flexibility index (Phi) is 3.23. The van der Waals surface area contributed by atoms with Crippen molar-refractivity contribution in [2.45, 2.75) is 19.4 Å². The van der Waals surface area contributed by atoms with E-state index in [0.29, 0.717) is 6.04 Å². The summed E-state index contributed by atoms with van der Waals surface area (Å²) in [4.78, 5) is 0. The SMILES string of the molecule is CNC(C)Cc1ccccc1F. The topological polar surface area (TPSA) is 12.0 Å². The lowest BCUT2D eigenvalue weighted by atomic mass is 10.1. The van der Waals surface area contributed by atoms with Crippen molar-refractivity contribution in [3.63, 3.8) is 0 Å². The summed E-state index contributed by atoms with van der Waals surface area (Å²) in [5.74, 6) is -0.111. The molecule has 0 heterocycles. The van der Waals surface area contributed by atoms with Gasteiger partial charge in [-0.25, -0.2) is 4.39 Å². The summed E-state index contributed by atoms with van der Waals surface area (Å²) in [6.45, 7) is 2.03. The first-order valence-corrected chi connectivity index (χ1v) is 4.14. The summed E-state index contributed by atoms with van der Waals surface area (Å²) in [5, 5.41) is 3.07. The quantitative estimate of drug-likeness (QED) is 0.725. The van der Waals surface area contributed by atoms with Crippen LogP contribution in [0.1, 0.15) is 12.5 Å². The van der Waals surface area contributed by atoms with E-state index in [9.17, 15) is 4.39 Å². The summed E-state index contributed by atoms with van der Waals surface area (Å²) >= 11 is 0. The van der Waals surface area contributed by atoms with Gasteiger partial charge in [0.05, 0.1) is 0 Å². The number of halogens is 1. The monoisotopic (exact) mass is 167 g/mol. The molecule has 1 atom stereocenters. The molecule has 12 heavy (non-hydrogen) atoms. The van der Waals surface area contributed by atoms with Gasteiger partial charge in [0.25, 0.3) is 0 Å². The van der Waals surface area contributed by atoms with Gasteiger partial charge in [0, 0.05) is 6.04 Å². The highest BCUT2D eigenvalue weighted by Gasteiger charge is 2.04. The number of hydrogen-bond acceptors (Lipinski definition) is 1. The summed E-state index contributed by atoms with van der Waals surface area (Å²) in [6.07, 6.45) is 0.739. The van der Waals surface area contributed by atoms with E-state index in [2.05, 4.69) is 5.32 Å². The molecular formula is C10H14FN. The van der Waals surface area contributed by atoms with Crippen molar-refractivity contribution < 1.29 is 4.39 Å². The number of hydrogen-bond donors (Lipinski definition) is 1. The number of rotatable bonds is 3. The second kappa shape index (κ2) is 4.21. The first-order valence-electron chi connectivity index (χ1n) is 4.14. The van der Waals surface area contributed by atoms with Crippen molar-refractivity contribution in [2.75, 3.05) is 7.05 Å². The normalized spacial score (nSPS) is 12.9. The fourth-order valence-electron chi connectivity index (χ4n) is 1.10. The minimum absolute atomic E-state index is 0.111. The van der Waals surface area contributed by atoms with Crippen molar-refractivity contribution in [1.29, 1.82) is 0 Å². The van der Waals surface area contributed by atoms with Crippen molar-refractivity contribution in [3.05, 3.63) is 35.6 Å². The molecule has 1 N–H and O–H groups in total. The largest absolute Gasteiger partial charge is 0.317 e. The van der Waals surface area contributed by atoms with E-state index in [0.717, 1.165) is 12.0 Å². The van der Waals surface area contributed by atoms with Crippen LogP contribution in [-0.4, -0.2) is 13.1 Å². The standard InChI is InChI=1S/C10H14FN/c1-8(12-2)7-9-5-3-4-6-10(9)11/h3-6,8,12H,7H2,1-2H3. The fraction of sp³-hybridized carbons (Fsp3) is 0.400. The summed E-state index contributed by atoms with van der Waals surface area (Å²) in [6, 6.07) is 7.21. The lowest BCUT2D eigenvalue weighted by Crippen LogP contribution is -2.23. The highest BCUT2D eigenvalue weighted by molar-refractivity contribution is 5.18. The van der Waals surface area contributed by atoms with Gasteiger partial charge >= 0.3 is 0 Å². The maximum Gasteiger partial charge on any atom is 0.126 e. The molecule has 0 aliphatic heterocycles. The Labute approximate surface area is 72.6 Å². The van der Waals surface area contributed by atoms with Crippen LogP contribution in [0.5, 0.6) is 0 Å². The highest BCUT2D eigenvalue weighted by Crippen LogP contribution is 2.08. The molecule has 0 radical (unpaired) electrons. The lowest BCUT2D eigenvalue weighted by molar-refractivity contribution is 0.564. The molecule has 0 spiro atoms. The molecule has 2 heteroatoms. The molecule has 0 saturated carbocycles. The van der Waals surface area contributed by atoms with Crippen LogP contribution in [-0.2, 0) is 6.42 Å². The van der Waals surface area contributed by atoms with Gasteiger partial charge in [0.1, 0.15) is 5.82 Å². The molecule has 0 aromatic heterocycles. The number of likely N-dealkylation sites (N-methyl/N-ethyl adjacent to an activating group) is 1. The van der Waals surface area contributed by atoms with Crippen LogP contribution in [0.4, 0.5) is 4.39 Å². The first-order chi connectivity index (χ1) is 5.74. The van der Waals surface area contributed by atoms with Crippen LogP contribution in [0.25, 0.3) is 0 Å². The van der Waals surface area contributed by atoms with Gasteiger partial charge in [0.2, 0.25) is 0 Å². The average Bonchev–Trinajstić information content (AvgIpc) is 2.09. The van der Waals surface area contributed by atoms with E-state index in [1.54, 1.807) is 6.07 Å². The molecule has 1 nitrogen and oxygen atoms in total. The van der Waals surface area contributed by atoms with Crippen LogP contribution < -0.4 is 5.32 Å². The fourth-order valence-corrected chi connectivity index (χ4v) is 1.10.